The topological polar surface area (TPSA) is 51.2 Å². The Labute approximate surface area is 114 Å². The highest BCUT2D eigenvalue weighted by Crippen LogP contribution is 2.25. The molecule has 0 radical (unpaired) electrons. The molecule has 0 spiro atoms. The first kappa shape index (κ1) is 12.9. The van der Waals surface area contributed by atoms with Crippen LogP contribution in [-0.4, -0.2) is 18.1 Å². The van der Waals surface area contributed by atoms with Crippen molar-refractivity contribution >= 4 is 34.6 Å². The fourth-order valence-electron chi connectivity index (χ4n) is 1.48. The number of aromatic nitrogens is 1. The van der Waals surface area contributed by atoms with Crippen LogP contribution in [0.3, 0.4) is 0 Å². The van der Waals surface area contributed by atoms with Gasteiger partial charge in [0.15, 0.2) is 6.04 Å². The molecule has 0 fully saturated rings. The van der Waals surface area contributed by atoms with Crippen LogP contribution in [0.2, 0.25) is 5.02 Å². The minimum absolute atomic E-state index is 0.362. The molecule has 2 rings (SSSR count). The molecule has 94 valence electrons. The monoisotopic (exact) mass is 282 g/mol. The molecular weight excluding hydrogens is 272 g/mol. The van der Waals surface area contributed by atoms with Crippen LogP contribution in [0.25, 0.3) is 0 Å². The van der Waals surface area contributed by atoms with Crippen molar-refractivity contribution in [2.45, 2.75) is 6.04 Å². The van der Waals surface area contributed by atoms with Crippen molar-refractivity contribution in [3.63, 3.8) is 0 Å². The second kappa shape index (κ2) is 5.84. The third-order valence-corrected chi connectivity index (χ3v) is 3.38. The zero-order valence-corrected chi connectivity index (χ0v) is 11.2. The van der Waals surface area contributed by atoms with Crippen molar-refractivity contribution in [2.24, 2.45) is 0 Å². The van der Waals surface area contributed by atoms with Crippen molar-refractivity contribution in [3.05, 3.63) is 45.9 Å². The van der Waals surface area contributed by atoms with Gasteiger partial charge in [-0.3, -0.25) is 4.98 Å². The number of benzene rings is 1. The maximum Gasteiger partial charge on any atom is 0.333 e. The van der Waals surface area contributed by atoms with E-state index in [0.29, 0.717) is 5.02 Å². The van der Waals surface area contributed by atoms with Gasteiger partial charge in [-0.25, -0.2) is 4.79 Å². The van der Waals surface area contributed by atoms with Crippen LogP contribution in [0.5, 0.6) is 0 Å². The molecule has 0 aliphatic rings. The molecule has 0 saturated carbocycles. The van der Waals surface area contributed by atoms with E-state index in [1.54, 1.807) is 23.8 Å². The first-order valence-corrected chi connectivity index (χ1v) is 6.45. The van der Waals surface area contributed by atoms with E-state index in [2.05, 4.69) is 10.3 Å². The van der Waals surface area contributed by atoms with Gasteiger partial charge in [0.25, 0.3) is 0 Å². The first-order valence-electron chi connectivity index (χ1n) is 5.19. The predicted molar refractivity (Wildman–Crippen MR) is 71.9 cm³/mol. The van der Waals surface area contributed by atoms with E-state index in [1.807, 2.05) is 12.1 Å². The highest BCUT2D eigenvalue weighted by molar-refractivity contribution is 7.09. The van der Waals surface area contributed by atoms with E-state index < -0.39 is 6.04 Å². The summed E-state index contributed by atoms with van der Waals surface area (Å²) in [6.07, 6.45) is 1.64. The van der Waals surface area contributed by atoms with Gasteiger partial charge in [0.05, 0.1) is 17.5 Å². The molecule has 1 unspecified atom stereocenters. The average molecular weight is 283 g/mol. The fraction of sp³-hybridized carbons (Fsp3) is 0.167. The number of methoxy groups -OCH3 is 1. The van der Waals surface area contributed by atoms with E-state index in [1.165, 1.54) is 18.4 Å². The number of hydrogen-bond acceptors (Lipinski definition) is 5. The lowest BCUT2D eigenvalue weighted by molar-refractivity contribution is -0.141. The fourth-order valence-corrected chi connectivity index (χ4v) is 2.32. The van der Waals surface area contributed by atoms with Gasteiger partial charge in [0.2, 0.25) is 0 Å². The van der Waals surface area contributed by atoms with Gasteiger partial charge in [-0.05, 0) is 18.2 Å². The third-order valence-electron chi connectivity index (χ3n) is 2.31. The second-order valence-electron chi connectivity index (χ2n) is 3.51. The minimum Gasteiger partial charge on any atom is -0.467 e. The van der Waals surface area contributed by atoms with Gasteiger partial charge in [0.1, 0.15) is 0 Å². The summed E-state index contributed by atoms with van der Waals surface area (Å²) in [7, 11) is 1.36. The number of rotatable bonds is 4. The van der Waals surface area contributed by atoms with Crippen molar-refractivity contribution < 1.29 is 9.53 Å². The number of esters is 1. The number of nitrogens with one attached hydrogen (secondary N) is 1. The Kier molecular flexibility index (Phi) is 4.17. The van der Waals surface area contributed by atoms with Crippen molar-refractivity contribution in [1.82, 2.24) is 4.98 Å². The van der Waals surface area contributed by atoms with Crippen LogP contribution >= 0.6 is 22.9 Å². The molecule has 1 aromatic heterocycles. The maximum atomic E-state index is 11.8. The van der Waals surface area contributed by atoms with Crippen molar-refractivity contribution in [2.75, 3.05) is 12.4 Å². The largest absolute Gasteiger partial charge is 0.467 e. The number of anilines is 1. The quantitative estimate of drug-likeness (QED) is 0.876. The molecule has 0 bridgehead atoms. The number of carbonyl (C=O) groups excluding carboxylic acids is 1. The minimum atomic E-state index is -0.569. The van der Waals surface area contributed by atoms with E-state index in [-0.39, 0.29) is 5.97 Å². The van der Waals surface area contributed by atoms with Crippen LogP contribution in [0, 0.1) is 0 Å². The van der Waals surface area contributed by atoms with Gasteiger partial charge in [0, 0.05) is 16.9 Å². The molecule has 0 saturated heterocycles. The number of thiazole rings is 1. The van der Waals surface area contributed by atoms with Gasteiger partial charge in [-0.2, -0.15) is 0 Å². The number of hydrogen-bond donors (Lipinski definition) is 1. The highest BCUT2D eigenvalue weighted by Gasteiger charge is 2.22. The number of nitrogens with zero attached hydrogens (tertiary/aromatic N) is 1. The Morgan fingerprint density at radius 2 is 2.39 bits per heavy atom. The standard InChI is InChI=1S/C12H11ClN2O2S/c1-17-12(16)11(10-6-14-7-18-10)15-9-4-2-3-8(13)5-9/h2-7,11,15H,1H3. The Morgan fingerprint density at radius 1 is 1.56 bits per heavy atom. The van der Waals surface area contributed by atoms with Gasteiger partial charge < -0.3 is 10.1 Å². The van der Waals surface area contributed by atoms with Gasteiger partial charge in [-0.1, -0.05) is 17.7 Å². The molecule has 18 heavy (non-hydrogen) atoms. The van der Waals surface area contributed by atoms with Crippen molar-refractivity contribution in [3.8, 4) is 0 Å². The summed E-state index contributed by atoms with van der Waals surface area (Å²) in [6, 6.07) is 6.60. The predicted octanol–water partition coefficient (Wildman–Crippen LogP) is 3.12. The highest BCUT2D eigenvalue weighted by atomic mass is 35.5. The molecule has 0 aliphatic heterocycles. The van der Waals surface area contributed by atoms with E-state index in [9.17, 15) is 4.79 Å². The molecule has 4 nitrogen and oxygen atoms in total. The molecule has 1 heterocycles. The van der Waals surface area contributed by atoms with E-state index in [4.69, 9.17) is 16.3 Å². The Balaban J connectivity index is 2.23. The smallest absolute Gasteiger partial charge is 0.333 e. The molecule has 1 N–H and O–H groups in total. The number of halogens is 1. The Bertz CT molecular complexity index is 531. The third kappa shape index (κ3) is 3.00. The molecule has 0 amide bonds. The number of carbonyl (C=O) groups is 1. The maximum absolute atomic E-state index is 11.8. The zero-order chi connectivity index (χ0) is 13.0. The SMILES string of the molecule is COC(=O)C(Nc1cccc(Cl)c1)c1cncs1. The van der Waals surface area contributed by atoms with Crippen molar-refractivity contribution in [1.29, 1.82) is 0 Å². The first-order chi connectivity index (χ1) is 8.70. The van der Waals surface area contributed by atoms with Gasteiger partial charge >= 0.3 is 5.97 Å². The Morgan fingerprint density at radius 3 is 3.00 bits per heavy atom. The van der Waals surface area contributed by atoms with Gasteiger partial charge in [-0.15, -0.1) is 11.3 Å². The van der Waals surface area contributed by atoms with Crippen LogP contribution in [-0.2, 0) is 9.53 Å². The normalized spacial score (nSPS) is 11.9. The number of ether oxygens (including phenoxy) is 1. The summed E-state index contributed by atoms with van der Waals surface area (Å²) in [5, 5.41) is 3.69. The summed E-state index contributed by atoms with van der Waals surface area (Å²) in [6.45, 7) is 0. The van der Waals surface area contributed by atoms with Crippen LogP contribution in [0.4, 0.5) is 5.69 Å². The molecule has 0 aliphatic carbocycles. The van der Waals surface area contributed by atoms with E-state index in [0.717, 1.165) is 10.6 Å². The summed E-state index contributed by atoms with van der Waals surface area (Å²) < 4.78 is 4.78. The molecular formula is C12H11ClN2O2S. The molecule has 2 aromatic rings. The molecule has 1 atom stereocenters. The molecule has 6 heteroatoms. The van der Waals surface area contributed by atoms with E-state index >= 15 is 0 Å². The lowest BCUT2D eigenvalue weighted by atomic mass is 10.2. The van der Waals surface area contributed by atoms with Crippen LogP contribution in [0.15, 0.2) is 36.0 Å². The summed E-state index contributed by atoms with van der Waals surface area (Å²) >= 11 is 7.29. The average Bonchev–Trinajstić information content (AvgIpc) is 2.89. The lowest BCUT2D eigenvalue weighted by Gasteiger charge is -2.16. The lowest BCUT2D eigenvalue weighted by Crippen LogP contribution is -2.21. The molecule has 1 aromatic carbocycles. The summed E-state index contributed by atoms with van der Waals surface area (Å²) in [4.78, 5) is 16.5. The zero-order valence-electron chi connectivity index (χ0n) is 9.59. The van der Waals surface area contributed by atoms with Crippen LogP contribution < -0.4 is 5.32 Å². The summed E-state index contributed by atoms with van der Waals surface area (Å²) in [5.41, 5.74) is 2.43. The Hall–Kier alpha value is -1.59. The van der Waals surface area contributed by atoms with Crippen LogP contribution in [0.1, 0.15) is 10.9 Å². The summed E-state index contributed by atoms with van der Waals surface area (Å²) in [5.74, 6) is -0.362. The second-order valence-corrected chi connectivity index (χ2v) is 4.87.